The van der Waals surface area contributed by atoms with Gasteiger partial charge >= 0.3 is 0 Å². The first-order chi connectivity index (χ1) is 13.9. The van der Waals surface area contributed by atoms with Gasteiger partial charge in [-0.1, -0.05) is 19.1 Å². The van der Waals surface area contributed by atoms with Gasteiger partial charge < -0.3 is 16.0 Å². The molecular weight excluding hydrogens is 362 g/mol. The molecule has 1 aromatic heterocycles. The van der Waals surface area contributed by atoms with E-state index in [4.69, 9.17) is 10.7 Å². The molecule has 6 nitrogen and oxygen atoms in total. The summed E-state index contributed by atoms with van der Waals surface area (Å²) in [6, 6.07) is 6.32. The third-order valence-electron chi connectivity index (χ3n) is 6.51. The third kappa shape index (κ3) is 4.13. The minimum atomic E-state index is -0.182. The first-order valence-electron chi connectivity index (χ1n) is 10.6. The first kappa shape index (κ1) is 19.8. The highest BCUT2D eigenvalue weighted by Crippen LogP contribution is 2.45. The molecule has 1 amide bonds. The Morgan fingerprint density at radius 3 is 2.79 bits per heavy atom. The molecule has 1 aliphatic carbocycles. The van der Waals surface area contributed by atoms with Crippen molar-refractivity contribution in [1.29, 1.82) is 0 Å². The molecule has 1 aliphatic heterocycles. The smallest absolute Gasteiger partial charge is 0.226 e. The van der Waals surface area contributed by atoms with Gasteiger partial charge in [-0.05, 0) is 62.8 Å². The van der Waals surface area contributed by atoms with E-state index in [0.717, 1.165) is 55.1 Å². The molecule has 2 fully saturated rings. The van der Waals surface area contributed by atoms with Gasteiger partial charge in [0.1, 0.15) is 5.82 Å². The van der Waals surface area contributed by atoms with Crippen molar-refractivity contribution in [2.75, 3.05) is 24.5 Å². The lowest BCUT2D eigenvalue weighted by atomic mass is 10.1. The lowest BCUT2D eigenvalue weighted by molar-refractivity contribution is -0.125. The Hall–Kier alpha value is -2.47. The SMILES string of the molecule is Cc1ccc(-c2ncc(CNC(=O)C3(C)CC3)c(N3CCC(CN)C3)n2)cc1C.[HH]. The highest BCUT2D eigenvalue weighted by atomic mass is 16.2. The van der Waals surface area contributed by atoms with Crippen LogP contribution in [0.3, 0.4) is 0 Å². The van der Waals surface area contributed by atoms with Gasteiger partial charge in [0.05, 0.1) is 0 Å². The van der Waals surface area contributed by atoms with E-state index < -0.39 is 0 Å². The standard InChI is InChI=1S/C23H31N5O.H2/c1-15-4-5-18(10-16(15)2)20-25-12-19(13-26-22(29)23(3)7-8-23)21(27-20)28-9-6-17(11-24)14-28;/h4-5,10,12,17H,6-9,11,13-14,24H2,1-3H3,(H,26,29);1H. The van der Waals surface area contributed by atoms with Gasteiger partial charge in [0.15, 0.2) is 5.82 Å². The van der Waals surface area contributed by atoms with Crippen molar-refractivity contribution < 1.29 is 6.22 Å². The van der Waals surface area contributed by atoms with E-state index >= 15 is 0 Å². The van der Waals surface area contributed by atoms with Gasteiger partial charge in [-0.25, -0.2) is 9.97 Å². The van der Waals surface area contributed by atoms with Crippen LogP contribution in [0.4, 0.5) is 5.82 Å². The van der Waals surface area contributed by atoms with Gasteiger partial charge in [-0.15, -0.1) is 0 Å². The van der Waals surface area contributed by atoms with Crippen molar-refractivity contribution >= 4 is 11.7 Å². The van der Waals surface area contributed by atoms with Gasteiger partial charge in [-0.3, -0.25) is 4.79 Å². The Morgan fingerprint density at radius 2 is 2.14 bits per heavy atom. The number of carbonyl (C=O) groups is 1. The summed E-state index contributed by atoms with van der Waals surface area (Å²) in [4.78, 5) is 24.3. The summed E-state index contributed by atoms with van der Waals surface area (Å²) in [5.74, 6) is 2.26. The van der Waals surface area contributed by atoms with E-state index in [-0.39, 0.29) is 12.7 Å². The number of nitrogens with one attached hydrogen (secondary N) is 1. The van der Waals surface area contributed by atoms with Crippen LogP contribution in [0, 0.1) is 25.2 Å². The maximum Gasteiger partial charge on any atom is 0.226 e. The number of benzene rings is 1. The molecule has 2 heterocycles. The van der Waals surface area contributed by atoms with Crippen LogP contribution in [-0.2, 0) is 11.3 Å². The van der Waals surface area contributed by atoms with Crippen LogP contribution in [0.25, 0.3) is 11.4 Å². The number of anilines is 1. The lowest BCUT2D eigenvalue weighted by Crippen LogP contribution is -2.31. The summed E-state index contributed by atoms with van der Waals surface area (Å²) in [6.45, 7) is 9.22. The number of nitrogens with two attached hydrogens (primary N) is 1. The number of hydrogen-bond acceptors (Lipinski definition) is 5. The molecule has 4 rings (SSSR count). The largest absolute Gasteiger partial charge is 0.356 e. The molecule has 2 aromatic rings. The summed E-state index contributed by atoms with van der Waals surface area (Å²) in [6.07, 6.45) is 4.89. The van der Waals surface area contributed by atoms with Crippen LogP contribution < -0.4 is 16.0 Å². The predicted molar refractivity (Wildman–Crippen MR) is 118 cm³/mol. The number of aryl methyl sites for hydroxylation is 2. The molecule has 2 aliphatic rings. The van der Waals surface area contributed by atoms with Crippen molar-refractivity contribution in [1.82, 2.24) is 15.3 Å². The summed E-state index contributed by atoms with van der Waals surface area (Å²) in [5, 5.41) is 3.10. The van der Waals surface area contributed by atoms with E-state index in [2.05, 4.69) is 47.2 Å². The van der Waals surface area contributed by atoms with Gasteiger partial charge in [0.25, 0.3) is 0 Å². The van der Waals surface area contributed by atoms with Crippen molar-refractivity contribution in [2.45, 2.75) is 46.6 Å². The average molecular weight is 396 g/mol. The molecule has 0 radical (unpaired) electrons. The molecular formula is C23H33N5O. The van der Waals surface area contributed by atoms with Gasteiger partial charge in [0, 0.05) is 43.8 Å². The summed E-state index contributed by atoms with van der Waals surface area (Å²) < 4.78 is 0. The van der Waals surface area contributed by atoms with Crippen molar-refractivity contribution in [3.8, 4) is 11.4 Å². The molecule has 29 heavy (non-hydrogen) atoms. The van der Waals surface area contributed by atoms with Crippen molar-refractivity contribution in [3.63, 3.8) is 0 Å². The van der Waals surface area contributed by atoms with E-state index in [1.165, 1.54) is 11.1 Å². The molecule has 156 valence electrons. The van der Waals surface area contributed by atoms with Crippen LogP contribution in [0.1, 0.15) is 44.3 Å². The fourth-order valence-corrected chi connectivity index (χ4v) is 3.84. The van der Waals surface area contributed by atoms with Crippen LogP contribution in [0.5, 0.6) is 0 Å². The third-order valence-corrected chi connectivity index (χ3v) is 6.51. The second kappa shape index (κ2) is 7.75. The maximum atomic E-state index is 12.4. The summed E-state index contributed by atoms with van der Waals surface area (Å²) in [5.41, 5.74) is 10.2. The number of nitrogens with zero attached hydrogens (tertiary/aromatic N) is 3. The van der Waals surface area contributed by atoms with E-state index in [1.54, 1.807) is 0 Å². The molecule has 1 atom stereocenters. The molecule has 1 saturated heterocycles. The van der Waals surface area contributed by atoms with Gasteiger partial charge in [0.2, 0.25) is 5.91 Å². The Morgan fingerprint density at radius 1 is 1.34 bits per heavy atom. The molecule has 6 heteroatoms. The maximum absolute atomic E-state index is 12.4. The minimum absolute atomic E-state index is 0. The van der Waals surface area contributed by atoms with Crippen LogP contribution in [-0.4, -0.2) is 35.5 Å². The second-order valence-electron chi connectivity index (χ2n) is 8.92. The highest BCUT2D eigenvalue weighted by Gasteiger charge is 2.44. The monoisotopic (exact) mass is 395 g/mol. The average Bonchev–Trinajstić information content (AvgIpc) is 3.30. The van der Waals surface area contributed by atoms with E-state index in [0.29, 0.717) is 19.0 Å². The number of rotatable bonds is 6. The van der Waals surface area contributed by atoms with Gasteiger partial charge in [-0.2, -0.15) is 0 Å². The molecule has 1 saturated carbocycles. The molecule has 1 unspecified atom stereocenters. The fourth-order valence-electron chi connectivity index (χ4n) is 3.84. The summed E-state index contributed by atoms with van der Waals surface area (Å²) in [7, 11) is 0. The Bertz CT molecular complexity index is 928. The predicted octanol–water partition coefficient (Wildman–Crippen LogP) is 3.21. The topological polar surface area (TPSA) is 84.1 Å². The molecule has 0 bridgehead atoms. The zero-order valence-corrected chi connectivity index (χ0v) is 17.7. The lowest BCUT2D eigenvalue weighted by Gasteiger charge is -2.22. The highest BCUT2D eigenvalue weighted by molar-refractivity contribution is 5.84. The Kier molecular flexibility index (Phi) is 5.30. The van der Waals surface area contributed by atoms with Crippen LogP contribution in [0.2, 0.25) is 0 Å². The zero-order valence-electron chi connectivity index (χ0n) is 17.7. The van der Waals surface area contributed by atoms with E-state index in [1.807, 2.05) is 13.1 Å². The normalized spacial score (nSPS) is 20.0. The van der Waals surface area contributed by atoms with Crippen molar-refractivity contribution in [2.24, 2.45) is 17.1 Å². The number of amides is 1. The summed E-state index contributed by atoms with van der Waals surface area (Å²) >= 11 is 0. The second-order valence-corrected chi connectivity index (χ2v) is 8.92. The minimum Gasteiger partial charge on any atom is -0.356 e. The zero-order chi connectivity index (χ0) is 20.6. The van der Waals surface area contributed by atoms with Crippen LogP contribution in [0.15, 0.2) is 24.4 Å². The Labute approximate surface area is 174 Å². The number of carbonyl (C=O) groups excluding carboxylic acids is 1. The Balaban J connectivity index is 0.00000256. The van der Waals surface area contributed by atoms with Crippen molar-refractivity contribution in [3.05, 3.63) is 41.1 Å². The van der Waals surface area contributed by atoms with Crippen LogP contribution >= 0.6 is 0 Å². The van der Waals surface area contributed by atoms with E-state index in [9.17, 15) is 4.79 Å². The molecule has 1 aromatic carbocycles. The fraction of sp³-hybridized carbons (Fsp3) is 0.522. The number of hydrogen-bond donors (Lipinski definition) is 2. The molecule has 0 spiro atoms. The first-order valence-corrected chi connectivity index (χ1v) is 10.6. The number of aromatic nitrogens is 2. The molecule has 3 N–H and O–H groups in total. The quantitative estimate of drug-likeness (QED) is 0.785.